The van der Waals surface area contributed by atoms with Crippen LogP contribution < -0.4 is 10.6 Å². The molecule has 2 aromatic rings. The number of carbonyl (C=O) groups is 1. The highest BCUT2D eigenvalue weighted by Crippen LogP contribution is 2.16. The molecular weight excluding hydrogens is 282 g/mol. The molecule has 112 valence electrons. The summed E-state index contributed by atoms with van der Waals surface area (Å²) in [6, 6.07) is 7.84. The molecule has 0 aliphatic rings. The first-order valence-corrected chi connectivity index (χ1v) is 8.10. The third-order valence-electron chi connectivity index (χ3n) is 3.06. The van der Waals surface area contributed by atoms with Gasteiger partial charge in [0.15, 0.2) is 0 Å². The third-order valence-corrected chi connectivity index (χ3v) is 4.29. The van der Waals surface area contributed by atoms with Crippen LogP contribution in [0.2, 0.25) is 0 Å². The lowest BCUT2D eigenvalue weighted by molar-refractivity contribution is 0.0946. The molecule has 2 rings (SSSR count). The first-order chi connectivity index (χ1) is 10.2. The van der Waals surface area contributed by atoms with E-state index in [1.165, 1.54) is 9.75 Å². The highest BCUT2D eigenvalue weighted by atomic mass is 32.1. The van der Waals surface area contributed by atoms with E-state index in [0.717, 1.165) is 25.1 Å². The lowest BCUT2D eigenvalue weighted by Gasteiger charge is -2.07. The van der Waals surface area contributed by atoms with Gasteiger partial charge in [0.1, 0.15) is 5.69 Å². The Kier molecular flexibility index (Phi) is 5.75. The van der Waals surface area contributed by atoms with Gasteiger partial charge in [0.05, 0.1) is 6.54 Å². The number of hydrogen-bond donors (Lipinski definition) is 2. The molecule has 21 heavy (non-hydrogen) atoms. The maximum atomic E-state index is 12.1. The number of aryl methyl sites for hydroxylation is 1. The summed E-state index contributed by atoms with van der Waals surface area (Å²) in [6.07, 6.45) is 3.74. The molecule has 0 fully saturated rings. The topological polar surface area (TPSA) is 54.0 Å². The van der Waals surface area contributed by atoms with Gasteiger partial charge in [-0.05, 0) is 37.1 Å². The first-order valence-electron chi connectivity index (χ1n) is 7.28. The van der Waals surface area contributed by atoms with Gasteiger partial charge in [0, 0.05) is 28.2 Å². The van der Waals surface area contributed by atoms with Crippen LogP contribution in [0.1, 0.15) is 40.5 Å². The second-order valence-corrected chi connectivity index (χ2v) is 6.01. The summed E-state index contributed by atoms with van der Waals surface area (Å²) in [7, 11) is 0. The molecule has 0 spiro atoms. The van der Waals surface area contributed by atoms with E-state index < -0.39 is 0 Å². The highest BCUT2D eigenvalue weighted by Gasteiger charge is 2.08. The largest absolute Gasteiger partial charge is 0.385 e. The van der Waals surface area contributed by atoms with Crippen LogP contribution in [0.5, 0.6) is 0 Å². The minimum Gasteiger partial charge on any atom is -0.385 e. The van der Waals surface area contributed by atoms with E-state index in [4.69, 9.17) is 0 Å². The van der Waals surface area contributed by atoms with E-state index in [9.17, 15) is 4.79 Å². The number of hydrogen-bond acceptors (Lipinski definition) is 4. The zero-order chi connectivity index (χ0) is 15.1. The summed E-state index contributed by atoms with van der Waals surface area (Å²) in [5, 5.41) is 6.17. The van der Waals surface area contributed by atoms with Crippen LogP contribution in [0.3, 0.4) is 0 Å². The number of carbonyl (C=O) groups excluding carboxylic acids is 1. The lowest BCUT2D eigenvalue weighted by Crippen LogP contribution is -2.23. The van der Waals surface area contributed by atoms with Crippen LogP contribution in [-0.4, -0.2) is 17.4 Å². The smallest absolute Gasteiger partial charge is 0.270 e. The van der Waals surface area contributed by atoms with Crippen molar-refractivity contribution in [1.29, 1.82) is 0 Å². The van der Waals surface area contributed by atoms with Crippen LogP contribution in [-0.2, 0) is 13.0 Å². The Morgan fingerprint density at radius 3 is 2.76 bits per heavy atom. The second-order valence-electron chi connectivity index (χ2n) is 4.76. The normalized spacial score (nSPS) is 10.4. The third kappa shape index (κ3) is 4.56. The van der Waals surface area contributed by atoms with Gasteiger partial charge in [0.25, 0.3) is 5.91 Å². The molecule has 0 radical (unpaired) electrons. The number of pyridine rings is 1. The standard InChI is InChI=1S/C16H21N3OS/c1-3-8-17-12-7-9-18-15(10-12)16(20)19-11-14-6-5-13(4-2)21-14/h5-7,9-10H,3-4,8,11H2,1-2H3,(H,17,18)(H,19,20). The summed E-state index contributed by atoms with van der Waals surface area (Å²) < 4.78 is 0. The van der Waals surface area contributed by atoms with Crippen LogP contribution in [0.25, 0.3) is 0 Å². The van der Waals surface area contributed by atoms with Crippen LogP contribution in [0, 0.1) is 0 Å². The van der Waals surface area contributed by atoms with Crippen molar-refractivity contribution in [3.63, 3.8) is 0 Å². The first kappa shape index (κ1) is 15.5. The summed E-state index contributed by atoms with van der Waals surface area (Å²) in [6.45, 7) is 5.68. The molecule has 5 heteroatoms. The Hall–Kier alpha value is -1.88. The predicted octanol–water partition coefficient (Wildman–Crippen LogP) is 3.46. The van der Waals surface area contributed by atoms with E-state index in [0.29, 0.717) is 12.2 Å². The van der Waals surface area contributed by atoms with Gasteiger partial charge in [0.2, 0.25) is 0 Å². The lowest BCUT2D eigenvalue weighted by atomic mass is 10.3. The number of anilines is 1. The van der Waals surface area contributed by atoms with Crippen molar-refractivity contribution in [2.75, 3.05) is 11.9 Å². The molecule has 0 unspecified atom stereocenters. The monoisotopic (exact) mass is 303 g/mol. The fraction of sp³-hybridized carbons (Fsp3) is 0.375. The maximum absolute atomic E-state index is 12.1. The Balaban J connectivity index is 1.93. The molecule has 0 aromatic carbocycles. The molecule has 0 aliphatic carbocycles. The molecule has 1 amide bonds. The van der Waals surface area contributed by atoms with Crippen molar-refractivity contribution in [2.45, 2.75) is 33.2 Å². The minimum absolute atomic E-state index is 0.137. The van der Waals surface area contributed by atoms with Crippen molar-refractivity contribution >= 4 is 22.9 Å². The van der Waals surface area contributed by atoms with Crippen molar-refractivity contribution in [3.8, 4) is 0 Å². The van der Waals surface area contributed by atoms with Crippen molar-refractivity contribution < 1.29 is 4.79 Å². The number of nitrogens with zero attached hydrogens (tertiary/aromatic N) is 1. The molecule has 0 saturated carbocycles. The molecule has 0 atom stereocenters. The van der Waals surface area contributed by atoms with E-state index in [1.807, 2.05) is 6.07 Å². The van der Waals surface area contributed by atoms with Gasteiger partial charge in [-0.2, -0.15) is 0 Å². The summed E-state index contributed by atoms with van der Waals surface area (Å²) >= 11 is 1.74. The van der Waals surface area contributed by atoms with Gasteiger partial charge in [-0.3, -0.25) is 9.78 Å². The van der Waals surface area contributed by atoms with E-state index in [1.54, 1.807) is 23.6 Å². The zero-order valence-electron chi connectivity index (χ0n) is 12.5. The Morgan fingerprint density at radius 1 is 1.24 bits per heavy atom. The Bertz CT molecular complexity index is 595. The number of thiophene rings is 1. The number of amides is 1. The van der Waals surface area contributed by atoms with Crippen LogP contribution in [0.15, 0.2) is 30.5 Å². The van der Waals surface area contributed by atoms with E-state index in [-0.39, 0.29) is 5.91 Å². The Labute approximate surface area is 129 Å². The predicted molar refractivity (Wildman–Crippen MR) is 87.9 cm³/mol. The summed E-state index contributed by atoms with van der Waals surface area (Å²) in [5.41, 5.74) is 1.38. The Morgan fingerprint density at radius 2 is 2.05 bits per heavy atom. The average molecular weight is 303 g/mol. The summed E-state index contributed by atoms with van der Waals surface area (Å²) in [5.74, 6) is -0.137. The minimum atomic E-state index is -0.137. The highest BCUT2D eigenvalue weighted by molar-refractivity contribution is 7.11. The molecule has 2 heterocycles. The van der Waals surface area contributed by atoms with Crippen molar-refractivity contribution in [3.05, 3.63) is 45.9 Å². The van der Waals surface area contributed by atoms with Crippen molar-refractivity contribution in [2.24, 2.45) is 0 Å². The molecule has 0 aliphatic heterocycles. The van der Waals surface area contributed by atoms with Gasteiger partial charge in [-0.15, -0.1) is 11.3 Å². The van der Waals surface area contributed by atoms with Gasteiger partial charge in [-0.25, -0.2) is 0 Å². The molecule has 4 nitrogen and oxygen atoms in total. The number of rotatable bonds is 7. The van der Waals surface area contributed by atoms with Gasteiger partial charge in [-0.1, -0.05) is 13.8 Å². The second kappa shape index (κ2) is 7.78. The van der Waals surface area contributed by atoms with E-state index in [2.05, 4.69) is 41.6 Å². The average Bonchev–Trinajstić information content (AvgIpc) is 2.99. The SMILES string of the molecule is CCCNc1ccnc(C(=O)NCc2ccc(CC)s2)c1. The van der Waals surface area contributed by atoms with Crippen LogP contribution >= 0.6 is 11.3 Å². The number of aromatic nitrogens is 1. The zero-order valence-corrected chi connectivity index (χ0v) is 13.3. The molecule has 2 aromatic heterocycles. The quantitative estimate of drug-likeness (QED) is 0.823. The van der Waals surface area contributed by atoms with Crippen LogP contribution in [0.4, 0.5) is 5.69 Å². The molecule has 2 N–H and O–H groups in total. The van der Waals surface area contributed by atoms with E-state index >= 15 is 0 Å². The number of nitrogens with one attached hydrogen (secondary N) is 2. The molecule has 0 bridgehead atoms. The van der Waals surface area contributed by atoms with Gasteiger partial charge < -0.3 is 10.6 Å². The summed E-state index contributed by atoms with van der Waals surface area (Å²) in [4.78, 5) is 18.8. The molecular formula is C16H21N3OS. The van der Waals surface area contributed by atoms with Crippen molar-refractivity contribution in [1.82, 2.24) is 10.3 Å². The molecule has 0 saturated heterocycles. The fourth-order valence-electron chi connectivity index (χ4n) is 1.90. The maximum Gasteiger partial charge on any atom is 0.270 e. The fourth-order valence-corrected chi connectivity index (χ4v) is 2.80. The van der Waals surface area contributed by atoms with Gasteiger partial charge >= 0.3 is 0 Å².